The fourth-order valence-corrected chi connectivity index (χ4v) is 2.75. The van der Waals surface area contributed by atoms with Gasteiger partial charge in [-0.3, -0.25) is 0 Å². The number of anilines is 1. The molecule has 1 aliphatic rings. The van der Waals surface area contributed by atoms with E-state index in [1.54, 1.807) is 24.0 Å². The van der Waals surface area contributed by atoms with Crippen LogP contribution in [0.5, 0.6) is 0 Å². The van der Waals surface area contributed by atoms with E-state index in [0.29, 0.717) is 5.82 Å². The summed E-state index contributed by atoms with van der Waals surface area (Å²) in [5.74, 6) is 1.25. The molecule has 2 heterocycles. The van der Waals surface area contributed by atoms with Crippen molar-refractivity contribution in [2.45, 2.75) is 23.3 Å². The molecule has 16 heavy (non-hydrogen) atoms. The van der Waals surface area contributed by atoms with Crippen LogP contribution in [0.3, 0.4) is 0 Å². The summed E-state index contributed by atoms with van der Waals surface area (Å²) in [4.78, 5) is 5.09. The summed E-state index contributed by atoms with van der Waals surface area (Å²) in [6.45, 7) is 1.80. The third-order valence-electron chi connectivity index (χ3n) is 2.80. The highest BCUT2D eigenvalue weighted by Gasteiger charge is 2.28. The Balaban J connectivity index is 1.88. The van der Waals surface area contributed by atoms with Crippen molar-refractivity contribution in [3.63, 3.8) is 0 Å². The highest BCUT2D eigenvalue weighted by Crippen LogP contribution is 2.27. The van der Waals surface area contributed by atoms with E-state index in [9.17, 15) is 5.11 Å². The van der Waals surface area contributed by atoms with Gasteiger partial charge in [0, 0.05) is 16.8 Å². The normalized spacial score (nSPS) is 19.6. The molecule has 0 bridgehead atoms. The Kier molecular flexibility index (Phi) is 3.68. The molecule has 0 amide bonds. The first-order chi connectivity index (χ1) is 7.68. The molecule has 88 valence electrons. The topological polar surface area (TPSA) is 71.2 Å². The van der Waals surface area contributed by atoms with Gasteiger partial charge in [-0.15, -0.1) is 11.8 Å². The van der Waals surface area contributed by atoms with Crippen LogP contribution in [0.2, 0.25) is 0 Å². The van der Waals surface area contributed by atoms with Crippen LogP contribution >= 0.6 is 11.8 Å². The number of aromatic nitrogens is 1. The molecule has 0 saturated carbocycles. The first-order valence-electron chi connectivity index (χ1n) is 5.45. The molecule has 0 unspecified atom stereocenters. The second-order valence-electron chi connectivity index (χ2n) is 4.18. The minimum absolute atomic E-state index is 0.530. The number of nitrogens with zero attached hydrogens (tertiary/aromatic N) is 1. The first kappa shape index (κ1) is 11.7. The summed E-state index contributed by atoms with van der Waals surface area (Å²) in [6.07, 6.45) is 3.40. The van der Waals surface area contributed by atoms with Crippen LogP contribution in [0.1, 0.15) is 12.8 Å². The summed E-state index contributed by atoms with van der Waals surface area (Å²) in [7, 11) is 0. The van der Waals surface area contributed by atoms with Crippen LogP contribution in [0.25, 0.3) is 0 Å². The molecule has 0 radical (unpaired) electrons. The number of piperidine rings is 1. The molecule has 0 atom stereocenters. The zero-order valence-electron chi connectivity index (χ0n) is 9.15. The van der Waals surface area contributed by atoms with Gasteiger partial charge >= 0.3 is 0 Å². The van der Waals surface area contributed by atoms with Gasteiger partial charge in [0.15, 0.2) is 0 Å². The summed E-state index contributed by atoms with van der Waals surface area (Å²) >= 11 is 1.64. The number of rotatable bonds is 3. The Labute approximate surface area is 99.6 Å². The zero-order valence-corrected chi connectivity index (χ0v) is 9.96. The third kappa shape index (κ3) is 3.10. The van der Waals surface area contributed by atoms with Crippen LogP contribution < -0.4 is 11.1 Å². The zero-order chi connectivity index (χ0) is 11.4. The number of hydrogen-bond donors (Lipinski definition) is 3. The second-order valence-corrected chi connectivity index (χ2v) is 5.23. The second kappa shape index (κ2) is 5.03. The Morgan fingerprint density at radius 1 is 1.44 bits per heavy atom. The predicted octanol–water partition coefficient (Wildman–Crippen LogP) is 0.870. The maximum Gasteiger partial charge on any atom is 0.123 e. The first-order valence-corrected chi connectivity index (χ1v) is 6.44. The van der Waals surface area contributed by atoms with E-state index < -0.39 is 5.60 Å². The molecular weight excluding hydrogens is 222 g/mol. The van der Waals surface area contributed by atoms with Gasteiger partial charge in [0.25, 0.3) is 0 Å². The van der Waals surface area contributed by atoms with Gasteiger partial charge in [0.05, 0.1) is 5.60 Å². The van der Waals surface area contributed by atoms with Crippen LogP contribution in [-0.2, 0) is 0 Å². The van der Waals surface area contributed by atoms with E-state index in [0.717, 1.165) is 36.6 Å². The minimum Gasteiger partial charge on any atom is -0.389 e. The summed E-state index contributed by atoms with van der Waals surface area (Å²) in [6, 6.07) is 3.73. The van der Waals surface area contributed by atoms with E-state index in [-0.39, 0.29) is 0 Å². The Bertz CT molecular complexity index is 336. The number of hydrogen-bond acceptors (Lipinski definition) is 5. The lowest BCUT2D eigenvalue weighted by Gasteiger charge is -2.32. The van der Waals surface area contributed by atoms with Crippen molar-refractivity contribution in [2.24, 2.45) is 0 Å². The molecule has 4 N–H and O–H groups in total. The van der Waals surface area contributed by atoms with Crippen LogP contribution in [0.15, 0.2) is 23.2 Å². The summed E-state index contributed by atoms with van der Waals surface area (Å²) < 4.78 is 0. The van der Waals surface area contributed by atoms with Crippen molar-refractivity contribution in [2.75, 3.05) is 24.6 Å². The quantitative estimate of drug-likeness (QED) is 0.683. The molecule has 0 aromatic carbocycles. The number of pyridine rings is 1. The van der Waals surface area contributed by atoms with Crippen molar-refractivity contribution in [1.29, 1.82) is 0 Å². The van der Waals surface area contributed by atoms with E-state index in [1.807, 2.05) is 6.07 Å². The molecule has 1 saturated heterocycles. The maximum atomic E-state index is 10.3. The molecule has 1 fully saturated rings. The average molecular weight is 239 g/mol. The highest BCUT2D eigenvalue weighted by atomic mass is 32.2. The fourth-order valence-electron chi connectivity index (χ4n) is 1.73. The number of nitrogens with two attached hydrogens (primary N) is 1. The van der Waals surface area contributed by atoms with Crippen molar-refractivity contribution in [1.82, 2.24) is 10.3 Å². The largest absolute Gasteiger partial charge is 0.389 e. The number of thioether (sulfide) groups is 1. The molecule has 1 aromatic rings. The van der Waals surface area contributed by atoms with Crippen LogP contribution in [0, 0.1) is 0 Å². The van der Waals surface area contributed by atoms with Gasteiger partial charge < -0.3 is 16.2 Å². The van der Waals surface area contributed by atoms with Crippen molar-refractivity contribution in [3.05, 3.63) is 18.3 Å². The van der Waals surface area contributed by atoms with Crippen molar-refractivity contribution in [3.8, 4) is 0 Å². The number of nitrogens with one attached hydrogen (secondary N) is 1. The van der Waals surface area contributed by atoms with Crippen molar-refractivity contribution < 1.29 is 5.11 Å². The van der Waals surface area contributed by atoms with Gasteiger partial charge in [-0.25, -0.2) is 4.98 Å². The van der Waals surface area contributed by atoms with E-state index >= 15 is 0 Å². The van der Waals surface area contributed by atoms with Crippen molar-refractivity contribution >= 4 is 17.6 Å². The Morgan fingerprint density at radius 2 is 2.19 bits per heavy atom. The Hall–Kier alpha value is -0.780. The molecular formula is C11H17N3OS. The molecule has 0 spiro atoms. The lowest BCUT2D eigenvalue weighted by atomic mass is 9.95. The lowest BCUT2D eigenvalue weighted by Crippen LogP contribution is -2.43. The molecule has 2 rings (SSSR count). The molecule has 1 aromatic heterocycles. The minimum atomic E-state index is -0.530. The van der Waals surface area contributed by atoms with Gasteiger partial charge in [0.1, 0.15) is 5.82 Å². The smallest absolute Gasteiger partial charge is 0.123 e. The van der Waals surface area contributed by atoms with Gasteiger partial charge in [0.2, 0.25) is 0 Å². The maximum absolute atomic E-state index is 10.3. The van der Waals surface area contributed by atoms with Gasteiger partial charge in [-0.1, -0.05) is 0 Å². The summed E-state index contributed by atoms with van der Waals surface area (Å²) in [5.41, 5.74) is 4.98. The molecule has 4 nitrogen and oxygen atoms in total. The molecule has 5 heteroatoms. The van der Waals surface area contributed by atoms with E-state index in [2.05, 4.69) is 10.3 Å². The SMILES string of the molecule is Nc1ccc(SCC2(O)CCNCC2)cn1. The predicted molar refractivity (Wildman–Crippen MR) is 66.4 cm³/mol. The van der Waals surface area contributed by atoms with Crippen LogP contribution in [-0.4, -0.2) is 34.5 Å². The van der Waals surface area contributed by atoms with E-state index in [1.165, 1.54) is 0 Å². The molecule has 1 aliphatic heterocycles. The summed E-state index contributed by atoms with van der Waals surface area (Å²) in [5, 5.41) is 13.5. The number of aliphatic hydroxyl groups is 1. The van der Waals surface area contributed by atoms with E-state index in [4.69, 9.17) is 5.73 Å². The third-order valence-corrected chi connectivity index (χ3v) is 4.06. The monoisotopic (exact) mass is 239 g/mol. The Morgan fingerprint density at radius 3 is 2.81 bits per heavy atom. The lowest BCUT2D eigenvalue weighted by molar-refractivity contribution is 0.0339. The van der Waals surface area contributed by atoms with Gasteiger partial charge in [-0.05, 0) is 38.1 Å². The standard InChI is InChI=1S/C11H17N3OS/c12-10-2-1-9(7-14-10)16-8-11(15)3-5-13-6-4-11/h1-2,7,13,15H,3-6,8H2,(H2,12,14). The molecule has 0 aliphatic carbocycles. The average Bonchev–Trinajstić information content (AvgIpc) is 2.29. The van der Waals surface area contributed by atoms with Gasteiger partial charge in [-0.2, -0.15) is 0 Å². The highest BCUT2D eigenvalue weighted by molar-refractivity contribution is 7.99. The fraction of sp³-hybridized carbons (Fsp3) is 0.545. The number of nitrogen functional groups attached to an aromatic ring is 1. The van der Waals surface area contributed by atoms with Crippen LogP contribution in [0.4, 0.5) is 5.82 Å².